The Morgan fingerprint density at radius 2 is 2.30 bits per heavy atom. The number of hydrogen-bond acceptors (Lipinski definition) is 7. The number of aromatic nitrogens is 1. The van der Waals surface area contributed by atoms with Gasteiger partial charge in [-0.15, -0.1) is 0 Å². The standard InChI is InChI=1S/C14H19N3O6/c1-20-8-12-10(6-23-15-12)4-16-3-2-13(18)17(14(16)19)5-11-7-21-9-22-11/h6,11H,2-5,7-9H2,1H3. The van der Waals surface area contributed by atoms with Crippen LogP contribution in [0.1, 0.15) is 17.7 Å². The molecule has 3 amide bonds. The molecule has 2 saturated heterocycles. The lowest BCUT2D eigenvalue weighted by molar-refractivity contribution is -0.132. The number of imide groups is 1. The number of urea groups is 1. The molecule has 2 fully saturated rings. The Morgan fingerprint density at radius 3 is 3.04 bits per heavy atom. The number of rotatable bonds is 6. The maximum Gasteiger partial charge on any atom is 0.327 e. The molecular formula is C14H19N3O6. The zero-order valence-corrected chi connectivity index (χ0v) is 12.9. The lowest BCUT2D eigenvalue weighted by Gasteiger charge is -2.34. The molecule has 2 aliphatic heterocycles. The number of methoxy groups -OCH3 is 1. The van der Waals surface area contributed by atoms with E-state index in [9.17, 15) is 9.59 Å². The highest BCUT2D eigenvalue weighted by Gasteiger charge is 2.35. The lowest BCUT2D eigenvalue weighted by atomic mass is 10.2. The maximum absolute atomic E-state index is 12.6. The summed E-state index contributed by atoms with van der Waals surface area (Å²) < 4.78 is 20.4. The van der Waals surface area contributed by atoms with Crippen LogP contribution in [0.3, 0.4) is 0 Å². The molecule has 2 aliphatic rings. The molecule has 0 radical (unpaired) electrons. The summed E-state index contributed by atoms with van der Waals surface area (Å²) in [6.45, 7) is 1.81. The molecule has 3 rings (SSSR count). The lowest BCUT2D eigenvalue weighted by Crippen LogP contribution is -2.54. The molecular weight excluding hydrogens is 306 g/mol. The van der Waals surface area contributed by atoms with E-state index in [1.165, 1.54) is 11.2 Å². The normalized spacial score (nSPS) is 22.2. The highest BCUT2D eigenvalue weighted by Crippen LogP contribution is 2.18. The van der Waals surface area contributed by atoms with Gasteiger partial charge < -0.3 is 23.6 Å². The largest absolute Gasteiger partial charge is 0.378 e. The fraction of sp³-hybridized carbons (Fsp3) is 0.643. The Labute approximate surface area is 133 Å². The van der Waals surface area contributed by atoms with E-state index in [0.717, 1.165) is 5.56 Å². The third-order valence-electron chi connectivity index (χ3n) is 3.85. The molecule has 1 unspecified atom stereocenters. The van der Waals surface area contributed by atoms with Crippen molar-refractivity contribution in [2.75, 3.05) is 33.6 Å². The number of carbonyl (C=O) groups excluding carboxylic acids is 2. The highest BCUT2D eigenvalue weighted by atomic mass is 16.7. The molecule has 0 aromatic carbocycles. The fourth-order valence-corrected chi connectivity index (χ4v) is 2.62. The Bertz CT molecular complexity index is 569. The van der Waals surface area contributed by atoms with E-state index in [0.29, 0.717) is 32.0 Å². The summed E-state index contributed by atoms with van der Waals surface area (Å²) in [5.41, 5.74) is 1.42. The van der Waals surface area contributed by atoms with Crippen LogP contribution in [0, 0.1) is 0 Å². The van der Waals surface area contributed by atoms with Crippen LogP contribution in [-0.2, 0) is 32.2 Å². The van der Waals surface area contributed by atoms with Gasteiger partial charge in [0, 0.05) is 25.6 Å². The number of hydrogen-bond donors (Lipinski definition) is 0. The van der Waals surface area contributed by atoms with E-state index >= 15 is 0 Å². The monoisotopic (exact) mass is 325 g/mol. The number of nitrogens with zero attached hydrogens (tertiary/aromatic N) is 3. The highest BCUT2D eigenvalue weighted by molar-refractivity contribution is 5.96. The van der Waals surface area contributed by atoms with Crippen molar-refractivity contribution in [2.24, 2.45) is 0 Å². The molecule has 1 atom stereocenters. The summed E-state index contributed by atoms with van der Waals surface area (Å²) >= 11 is 0. The van der Waals surface area contributed by atoms with Crippen molar-refractivity contribution in [1.29, 1.82) is 0 Å². The summed E-state index contributed by atoms with van der Waals surface area (Å²) in [6.07, 6.45) is 1.52. The first-order valence-corrected chi connectivity index (χ1v) is 7.38. The maximum atomic E-state index is 12.6. The SMILES string of the molecule is COCc1nocc1CN1CCC(=O)N(CC2COCO2)C1=O. The molecule has 3 heterocycles. The first-order chi connectivity index (χ1) is 11.2. The van der Waals surface area contributed by atoms with Crippen molar-refractivity contribution in [1.82, 2.24) is 15.0 Å². The molecule has 9 nitrogen and oxygen atoms in total. The average molecular weight is 325 g/mol. The number of amides is 3. The van der Waals surface area contributed by atoms with Crippen molar-refractivity contribution < 1.29 is 28.3 Å². The summed E-state index contributed by atoms with van der Waals surface area (Å²) in [5, 5.41) is 3.86. The summed E-state index contributed by atoms with van der Waals surface area (Å²) in [6, 6.07) is -0.332. The molecule has 1 aromatic rings. The van der Waals surface area contributed by atoms with Crippen LogP contribution in [0.2, 0.25) is 0 Å². The quantitative estimate of drug-likeness (QED) is 0.744. The molecule has 126 valence electrons. The van der Waals surface area contributed by atoms with Crippen molar-refractivity contribution in [3.8, 4) is 0 Å². The second kappa shape index (κ2) is 7.07. The second-order valence-corrected chi connectivity index (χ2v) is 5.46. The topological polar surface area (TPSA) is 94.3 Å². The van der Waals surface area contributed by atoms with Crippen molar-refractivity contribution in [2.45, 2.75) is 25.7 Å². The first-order valence-electron chi connectivity index (χ1n) is 7.38. The Balaban J connectivity index is 1.66. The van der Waals surface area contributed by atoms with Crippen LogP contribution in [0.25, 0.3) is 0 Å². The van der Waals surface area contributed by atoms with E-state index in [1.807, 2.05) is 0 Å². The van der Waals surface area contributed by atoms with Crippen LogP contribution >= 0.6 is 0 Å². The molecule has 9 heteroatoms. The van der Waals surface area contributed by atoms with Gasteiger partial charge in [-0.25, -0.2) is 4.79 Å². The molecule has 1 aromatic heterocycles. The van der Waals surface area contributed by atoms with E-state index < -0.39 is 0 Å². The number of ether oxygens (including phenoxy) is 3. The van der Waals surface area contributed by atoms with Gasteiger partial charge in [0.1, 0.15) is 24.9 Å². The van der Waals surface area contributed by atoms with E-state index in [-0.39, 0.29) is 37.8 Å². The van der Waals surface area contributed by atoms with Crippen LogP contribution in [0.15, 0.2) is 10.8 Å². The predicted molar refractivity (Wildman–Crippen MR) is 75.0 cm³/mol. The van der Waals surface area contributed by atoms with Gasteiger partial charge in [0.25, 0.3) is 0 Å². The zero-order chi connectivity index (χ0) is 16.2. The van der Waals surface area contributed by atoms with E-state index in [1.54, 1.807) is 12.0 Å². The van der Waals surface area contributed by atoms with Crippen LogP contribution in [-0.4, -0.2) is 66.6 Å². The summed E-state index contributed by atoms with van der Waals surface area (Å²) in [7, 11) is 1.56. The zero-order valence-electron chi connectivity index (χ0n) is 12.9. The van der Waals surface area contributed by atoms with Gasteiger partial charge >= 0.3 is 6.03 Å². The van der Waals surface area contributed by atoms with E-state index in [4.69, 9.17) is 18.7 Å². The summed E-state index contributed by atoms with van der Waals surface area (Å²) in [5.74, 6) is -0.191. The Hall–Kier alpha value is -1.97. The average Bonchev–Trinajstić information content (AvgIpc) is 3.19. The van der Waals surface area contributed by atoms with Gasteiger partial charge in [-0.1, -0.05) is 5.16 Å². The number of carbonyl (C=O) groups is 2. The Morgan fingerprint density at radius 1 is 1.43 bits per heavy atom. The minimum Gasteiger partial charge on any atom is -0.378 e. The molecule has 0 bridgehead atoms. The minimum absolute atomic E-state index is 0.191. The van der Waals surface area contributed by atoms with Gasteiger partial charge in [-0.05, 0) is 0 Å². The third kappa shape index (κ3) is 3.52. The second-order valence-electron chi connectivity index (χ2n) is 5.46. The molecule has 0 aliphatic carbocycles. The fourth-order valence-electron chi connectivity index (χ4n) is 2.62. The van der Waals surface area contributed by atoms with Gasteiger partial charge in [0.05, 0.1) is 26.3 Å². The van der Waals surface area contributed by atoms with Crippen LogP contribution in [0.4, 0.5) is 4.79 Å². The van der Waals surface area contributed by atoms with Gasteiger partial charge in [0.15, 0.2) is 0 Å². The van der Waals surface area contributed by atoms with Gasteiger partial charge in [-0.2, -0.15) is 0 Å². The van der Waals surface area contributed by atoms with Crippen LogP contribution in [0.5, 0.6) is 0 Å². The molecule has 0 saturated carbocycles. The van der Waals surface area contributed by atoms with E-state index in [2.05, 4.69) is 5.16 Å². The van der Waals surface area contributed by atoms with Gasteiger partial charge in [0.2, 0.25) is 5.91 Å². The van der Waals surface area contributed by atoms with Crippen LogP contribution < -0.4 is 0 Å². The third-order valence-corrected chi connectivity index (χ3v) is 3.85. The van der Waals surface area contributed by atoms with Crippen molar-refractivity contribution in [3.05, 3.63) is 17.5 Å². The first kappa shape index (κ1) is 15.9. The minimum atomic E-state index is -0.332. The summed E-state index contributed by atoms with van der Waals surface area (Å²) in [4.78, 5) is 27.4. The Kier molecular flexibility index (Phi) is 4.89. The molecule has 0 spiro atoms. The smallest absolute Gasteiger partial charge is 0.327 e. The molecule has 23 heavy (non-hydrogen) atoms. The van der Waals surface area contributed by atoms with Crippen molar-refractivity contribution >= 4 is 11.9 Å². The molecule has 0 N–H and O–H groups in total. The van der Waals surface area contributed by atoms with Crippen molar-refractivity contribution in [3.63, 3.8) is 0 Å². The predicted octanol–water partition coefficient (Wildman–Crippen LogP) is 0.348. The van der Waals surface area contributed by atoms with Gasteiger partial charge in [-0.3, -0.25) is 9.69 Å².